The molecule has 1 saturated heterocycles. The number of benzene rings is 1. The molecule has 8 heteroatoms. The van der Waals surface area contributed by atoms with Crippen molar-refractivity contribution in [1.29, 1.82) is 0 Å². The highest BCUT2D eigenvalue weighted by Gasteiger charge is 2.41. The average molecular weight is 381 g/mol. The van der Waals surface area contributed by atoms with Gasteiger partial charge in [-0.3, -0.25) is 4.79 Å². The second-order valence-corrected chi connectivity index (χ2v) is 6.14. The van der Waals surface area contributed by atoms with Gasteiger partial charge in [0, 0.05) is 23.8 Å². The van der Waals surface area contributed by atoms with Crippen LogP contribution < -0.4 is 10.6 Å². The van der Waals surface area contributed by atoms with Crippen LogP contribution in [0.5, 0.6) is 0 Å². The maximum Gasteiger partial charge on any atom is 0.417 e. The number of carbonyl (C=O) groups is 1. The highest BCUT2D eigenvalue weighted by Crippen LogP contribution is 2.37. The molecule has 0 aliphatic carbocycles. The van der Waals surface area contributed by atoms with E-state index in [1.54, 1.807) is 0 Å². The summed E-state index contributed by atoms with van der Waals surface area (Å²) in [5, 5.41) is 5.65. The van der Waals surface area contributed by atoms with Crippen LogP contribution in [0, 0.1) is 5.41 Å². The lowest BCUT2D eigenvalue weighted by Gasteiger charge is -2.26. The summed E-state index contributed by atoms with van der Waals surface area (Å²) in [6.45, 7) is 1.33. The molecule has 22 heavy (non-hydrogen) atoms. The van der Waals surface area contributed by atoms with Crippen molar-refractivity contribution in [3.8, 4) is 0 Å². The summed E-state index contributed by atoms with van der Waals surface area (Å²) >= 11 is 2.87. The van der Waals surface area contributed by atoms with Crippen LogP contribution in [0.15, 0.2) is 22.7 Å². The molecule has 1 atom stereocenters. The second-order valence-electron chi connectivity index (χ2n) is 5.29. The molecule has 0 radical (unpaired) electrons. The molecule has 2 N–H and O–H groups in total. The first-order valence-electron chi connectivity index (χ1n) is 6.66. The van der Waals surface area contributed by atoms with Crippen molar-refractivity contribution in [1.82, 2.24) is 5.32 Å². The number of methoxy groups -OCH3 is 1. The Hall–Kier alpha value is -1.12. The van der Waals surface area contributed by atoms with E-state index in [4.69, 9.17) is 4.74 Å². The van der Waals surface area contributed by atoms with E-state index in [2.05, 4.69) is 26.6 Å². The number of rotatable bonds is 4. The Morgan fingerprint density at radius 3 is 2.77 bits per heavy atom. The number of carbonyl (C=O) groups excluding carboxylic acids is 1. The van der Waals surface area contributed by atoms with E-state index in [-0.39, 0.29) is 22.7 Å². The fourth-order valence-corrected chi connectivity index (χ4v) is 2.96. The zero-order valence-corrected chi connectivity index (χ0v) is 13.5. The van der Waals surface area contributed by atoms with Gasteiger partial charge in [-0.05, 0) is 31.2 Å². The molecule has 1 aliphatic heterocycles. The van der Waals surface area contributed by atoms with E-state index < -0.39 is 17.2 Å². The van der Waals surface area contributed by atoms with E-state index >= 15 is 0 Å². The molecule has 1 aromatic rings. The van der Waals surface area contributed by atoms with Gasteiger partial charge in [-0.25, -0.2) is 0 Å². The Morgan fingerprint density at radius 2 is 2.23 bits per heavy atom. The molecule has 0 bridgehead atoms. The Labute approximate surface area is 134 Å². The van der Waals surface area contributed by atoms with Crippen LogP contribution >= 0.6 is 15.9 Å². The highest BCUT2D eigenvalue weighted by atomic mass is 79.9. The number of anilines is 1. The van der Waals surface area contributed by atoms with Gasteiger partial charge in [0.05, 0.1) is 17.6 Å². The number of halogens is 4. The summed E-state index contributed by atoms with van der Waals surface area (Å²) in [7, 11) is 1.49. The molecular weight excluding hydrogens is 365 g/mol. The van der Waals surface area contributed by atoms with Crippen molar-refractivity contribution < 1.29 is 22.7 Å². The van der Waals surface area contributed by atoms with Gasteiger partial charge in [-0.2, -0.15) is 13.2 Å². The lowest BCUT2D eigenvalue weighted by Crippen LogP contribution is -2.41. The third-order valence-electron chi connectivity index (χ3n) is 3.68. The molecule has 122 valence electrons. The number of ether oxygens (including phenoxy) is 1. The number of hydrogen-bond acceptors (Lipinski definition) is 3. The van der Waals surface area contributed by atoms with Crippen molar-refractivity contribution in [3.63, 3.8) is 0 Å². The zero-order valence-electron chi connectivity index (χ0n) is 11.9. The number of alkyl halides is 3. The Kier molecular flexibility index (Phi) is 5.14. The number of nitrogens with one attached hydrogen (secondary N) is 2. The summed E-state index contributed by atoms with van der Waals surface area (Å²) < 4.78 is 43.7. The van der Waals surface area contributed by atoms with Gasteiger partial charge in [-0.1, -0.05) is 15.9 Å². The second kappa shape index (κ2) is 6.55. The Bertz CT molecular complexity index is 558. The normalized spacial score (nSPS) is 21.9. The summed E-state index contributed by atoms with van der Waals surface area (Å²) in [6, 6.07) is 3.62. The van der Waals surface area contributed by atoms with Crippen molar-refractivity contribution in [2.45, 2.75) is 12.6 Å². The average Bonchev–Trinajstić information content (AvgIpc) is 2.90. The summed E-state index contributed by atoms with van der Waals surface area (Å²) in [6.07, 6.45) is -3.91. The van der Waals surface area contributed by atoms with Crippen molar-refractivity contribution >= 4 is 27.5 Å². The molecule has 1 unspecified atom stereocenters. The lowest BCUT2D eigenvalue weighted by molar-refractivity contribution is -0.138. The standard InChI is InChI=1S/C14H16BrF3N2O2/c1-22-8-13(4-5-19-7-13)12(21)20-9-2-3-11(15)10(6-9)14(16,17)18/h2-3,6,19H,4-5,7-8H2,1H3,(H,20,21). The monoisotopic (exact) mass is 380 g/mol. The topological polar surface area (TPSA) is 50.4 Å². The molecule has 0 aromatic heterocycles. The predicted molar refractivity (Wildman–Crippen MR) is 79.6 cm³/mol. The Balaban J connectivity index is 2.21. The van der Waals surface area contributed by atoms with Crippen LogP contribution in [0.2, 0.25) is 0 Å². The number of amides is 1. The van der Waals surface area contributed by atoms with E-state index in [0.717, 1.165) is 6.07 Å². The van der Waals surface area contributed by atoms with Crippen LogP contribution in [-0.4, -0.2) is 32.7 Å². The minimum absolute atomic E-state index is 0.0628. The molecule has 1 amide bonds. The molecule has 1 aliphatic rings. The smallest absolute Gasteiger partial charge is 0.384 e. The molecule has 0 spiro atoms. The quantitative estimate of drug-likeness (QED) is 0.843. The third kappa shape index (κ3) is 3.61. The van der Waals surface area contributed by atoms with Gasteiger partial charge in [0.25, 0.3) is 0 Å². The largest absolute Gasteiger partial charge is 0.417 e. The van der Waals surface area contributed by atoms with E-state index in [1.165, 1.54) is 19.2 Å². The van der Waals surface area contributed by atoms with Gasteiger partial charge in [0.2, 0.25) is 5.91 Å². The lowest BCUT2D eigenvalue weighted by atomic mass is 9.87. The third-order valence-corrected chi connectivity index (χ3v) is 4.37. The van der Waals surface area contributed by atoms with Gasteiger partial charge in [0.15, 0.2) is 0 Å². The predicted octanol–water partition coefficient (Wildman–Crippen LogP) is 3.03. The summed E-state index contributed by atoms with van der Waals surface area (Å²) in [4.78, 5) is 12.4. The highest BCUT2D eigenvalue weighted by molar-refractivity contribution is 9.10. The fourth-order valence-electron chi connectivity index (χ4n) is 2.49. The van der Waals surface area contributed by atoms with Gasteiger partial charge >= 0.3 is 6.18 Å². The summed E-state index contributed by atoms with van der Waals surface area (Å²) in [5.41, 5.74) is -1.46. The van der Waals surface area contributed by atoms with Crippen LogP contribution in [0.3, 0.4) is 0 Å². The minimum atomic E-state index is -4.49. The minimum Gasteiger partial charge on any atom is -0.384 e. The fraction of sp³-hybridized carbons (Fsp3) is 0.500. The maximum absolute atomic E-state index is 12.9. The van der Waals surface area contributed by atoms with Crippen LogP contribution in [0.1, 0.15) is 12.0 Å². The number of hydrogen-bond donors (Lipinski definition) is 2. The van der Waals surface area contributed by atoms with Crippen LogP contribution in [0.25, 0.3) is 0 Å². The van der Waals surface area contributed by atoms with E-state index in [9.17, 15) is 18.0 Å². The first-order chi connectivity index (χ1) is 10.3. The van der Waals surface area contributed by atoms with E-state index in [0.29, 0.717) is 19.5 Å². The molecular formula is C14H16BrF3N2O2. The van der Waals surface area contributed by atoms with Crippen molar-refractivity contribution in [2.24, 2.45) is 5.41 Å². The van der Waals surface area contributed by atoms with E-state index in [1.807, 2.05) is 0 Å². The molecule has 0 saturated carbocycles. The molecule has 1 aromatic carbocycles. The molecule has 1 fully saturated rings. The van der Waals surface area contributed by atoms with Crippen molar-refractivity contribution in [2.75, 3.05) is 32.1 Å². The molecule has 2 rings (SSSR count). The van der Waals surface area contributed by atoms with Gasteiger partial charge in [0.1, 0.15) is 0 Å². The summed E-state index contributed by atoms with van der Waals surface area (Å²) in [5.74, 6) is -0.338. The molecule has 1 heterocycles. The Morgan fingerprint density at radius 1 is 1.50 bits per heavy atom. The first kappa shape index (κ1) is 17.2. The van der Waals surface area contributed by atoms with Gasteiger partial charge < -0.3 is 15.4 Å². The maximum atomic E-state index is 12.9. The van der Waals surface area contributed by atoms with Crippen molar-refractivity contribution in [3.05, 3.63) is 28.2 Å². The van der Waals surface area contributed by atoms with Crippen LogP contribution in [0.4, 0.5) is 18.9 Å². The van der Waals surface area contributed by atoms with Gasteiger partial charge in [-0.15, -0.1) is 0 Å². The SMILES string of the molecule is COCC1(C(=O)Nc2ccc(Br)c(C(F)(F)F)c2)CCNC1. The first-order valence-corrected chi connectivity index (χ1v) is 7.46. The van der Waals surface area contributed by atoms with Crippen LogP contribution in [-0.2, 0) is 15.7 Å². The molecule has 4 nitrogen and oxygen atoms in total. The zero-order chi connectivity index (χ0) is 16.4.